The van der Waals surface area contributed by atoms with E-state index in [-0.39, 0.29) is 11.0 Å². The molecule has 3 saturated heterocycles. The Morgan fingerprint density at radius 2 is 1.79 bits per heavy atom. The van der Waals surface area contributed by atoms with Crippen LogP contribution in [0.15, 0.2) is 33.6 Å². The van der Waals surface area contributed by atoms with Gasteiger partial charge in [-0.25, -0.2) is 0 Å². The van der Waals surface area contributed by atoms with Crippen LogP contribution in [0.1, 0.15) is 12.8 Å². The van der Waals surface area contributed by atoms with Gasteiger partial charge in [0.25, 0.3) is 10.1 Å². The molecule has 3 aliphatic heterocycles. The average Bonchev–Trinajstić information content (AvgIpc) is 2.40. The summed E-state index contributed by atoms with van der Waals surface area (Å²) in [7, 11) is -3.63. The Balaban J connectivity index is 1.76. The molecule has 2 bridgehead atoms. The van der Waals surface area contributed by atoms with Gasteiger partial charge < -0.3 is 4.90 Å². The fourth-order valence-corrected chi connectivity index (χ4v) is 4.40. The fraction of sp³-hybridized carbons (Fsp3) is 0.538. The highest BCUT2D eigenvalue weighted by Gasteiger charge is 2.40. The van der Waals surface area contributed by atoms with Gasteiger partial charge in [0.05, 0.1) is 18.0 Å². The Morgan fingerprint density at radius 3 is 2.32 bits per heavy atom. The second-order valence-corrected chi connectivity index (χ2v) is 7.82. The third kappa shape index (κ3) is 2.86. The van der Waals surface area contributed by atoms with Gasteiger partial charge in [-0.2, -0.15) is 8.42 Å². The maximum absolute atomic E-state index is 12.2. The number of piperidine rings is 3. The molecule has 0 unspecified atom stereocenters. The van der Waals surface area contributed by atoms with Gasteiger partial charge in [-0.15, -0.1) is 0 Å². The van der Waals surface area contributed by atoms with E-state index in [0.29, 0.717) is 5.92 Å². The molecule has 0 aromatic heterocycles. The van der Waals surface area contributed by atoms with E-state index in [1.165, 1.54) is 4.90 Å². The molecule has 4 rings (SSSR count). The van der Waals surface area contributed by atoms with Crippen molar-refractivity contribution in [3.8, 4) is 0 Å². The SMILES string of the molecule is O=S(=O)(O[C@@H]1C[NH+]2CCC1CC2)c1ccc(Br)cc1. The molecule has 1 aromatic rings. The van der Waals surface area contributed by atoms with Crippen molar-refractivity contribution in [3.63, 3.8) is 0 Å². The number of hydrogen-bond acceptors (Lipinski definition) is 3. The summed E-state index contributed by atoms with van der Waals surface area (Å²) in [6.45, 7) is 3.13. The Morgan fingerprint density at radius 1 is 1.16 bits per heavy atom. The molecule has 3 heterocycles. The molecule has 0 radical (unpaired) electrons. The zero-order valence-corrected chi connectivity index (χ0v) is 12.9. The minimum Gasteiger partial charge on any atom is -0.333 e. The molecular weight excluding hydrogens is 330 g/mol. The molecule has 19 heavy (non-hydrogen) atoms. The molecule has 1 aromatic carbocycles. The van der Waals surface area contributed by atoms with E-state index in [2.05, 4.69) is 15.9 Å². The quantitative estimate of drug-likeness (QED) is 0.824. The normalized spacial score (nSPS) is 30.5. The van der Waals surface area contributed by atoms with E-state index in [4.69, 9.17) is 4.18 Å². The summed E-state index contributed by atoms with van der Waals surface area (Å²) in [6, 6.07) is 6.59. The van der Waals surface area contributed by atoms with E-state index in [9.17, 15) is 8.42 Å². The van der Waals surface area contributed by atoms with Gasteiger partial charge in [0.1, 0.15) is 12.6 Å². The summed E-state index contributed by atoms with van der Waals surface area (Å²) in [4.78, 5) is 1.71. The van der Waals surface area contributed by atoms with Crippen LogP contribution < -0.4 is 4.90 Å². The molecule has 1 atom stereocenters. The van der Waals surface area contributed by atoms with Gasteiger partial charge in [-0.05, 0) is 24.3 Å². The maximum Gasteiger partial charge on any atom is 0.297 e. The zero-order valence-electron chi connectivity index (χ0n) is 10.5. The molecule has 6 heteroatoms. The smallest absolute Gasteiger partial charge is 0.297 e. The Hall–Kier alpha value is -0.430. The second kappa shape index (κ2) is 5.16. The van der Waals surface area contributed by atoms with Crippen molar-refractivity contribution in [2.24, 2.45) is 5.92 Å². The van der Waals surface area contributed by atoms with Crippen LogP contribution in [0, 0.1) is 5.92 Å². The molecular formula is C13H17BrNO3S+. The van der Waals surface area contributed by atoms with Crippen molar-refractivity contribution in [1.82, 2.24) is 0 Å². The molecule has 3 fully saturated rings. The lowest BCUT2D eigenvalue weighted by atomic mass is 9.86. The molecule has 0 spiro atoms. The third-order valence-electron chi connectivity index (χ3n) is 4.11. The summed E-state index contributed by atoms with van der Waals surface area (Å²) < 4.78 is 30.8. The first-order valence-corrected chi connectivity index (χ1v) is 8.77. The molecule has 0 amide bonds. The number of fused-ring (bicyclic) bond motifs is 3. The van der Waals surface area contributed by atoms with Gasteiger partial charge in [0.15, 0.2) is 0 Å². The lowest BCUT2D eigenvalue weighted by Crippen LogP contribution is -3.16. The van der Waals surface area contributed by atoms with Gasteiger partial charge in [-0.1, -0.05) is 15.9 Å². The number of quaternary nitrogens is 1. The molecule has 4 nitrogen and oxygen atoms in total. The predicted octanol–water partition coefficient (Wildman–Crippen LogP) is 0.831. The number of benzene rings is 1. The highest BCUT2D eigenvalue weighted by molar-refractivity contribution is 9.10. The molecule has 0 aliphatic carbocycles. The summed E-state index contributed by atoms with van der Waals surface area (Å²) in [5.74, 6) is 0.405. The summed E-state index contributed by atoms with van der Waals surface area (Å²) in [5, 5.41) is 0. The zero-order chi connectivity index (χ0) is 13.5. The van der Waals surface area contributed by atoms with Crippen molar-refractivity contribution in [1.29, 1.82) is 0 Å². The first kappa shape index (κ1) is 13.5. The Bertz CT molecular complexity index is 550. The van der Waals surface area contributed by atoms with E-state index < -0.39 is 10.1 Å². The van der Waals surface area contributed by atoms with Crippen LogP contribution in [0.5, 0.6) is 0 Å². The maximum atomic E-state index is 12.2. The summed E-state index contributed by atoms with van der Waals surface area (Å²) >= 11 is 3.30. The fourth-order valence-electron chi connectivity index (χ4n) is 3.01. The predicted molar refractivity (Wildman–Crippen MR) is 74.5 cm³/mol. The van der Waals surface area contributed by atoms with Gasteiger partial charge in [0, 0.05) is 23.2 Å². The van der Waals surface area contributed by atoms with E-state index in [1.54, 1.807) is 24.3 Å². The van der Waals surface area contributed by atoms with Crippen LogP contribution in [0.4, 0.5) is 0 Å². The number of halogens is 1. The lowest BCUT2D eigenvalue weighted by Gasteiger charge is -2.40. The van der Waals surface area contributed by atoms with Crippen LogP contribution in [0.3, 0.4) is 0 Å². The topological polar surface area (TPSA) is 47.8 Å². The number of rotatable bonds is 3. The van der Waals surface area contributed by atoms with Crippen LogP contribution in [-0.4, -0.2) is 34.2 Å². The molecule has 0 saturated carbocycles. The minimum atomic E-state index is -3.63. The summed E-state index contributed by atoms with van der Waals surface area (Å²) in [6.07, 6.45) is 2.01. The first-order valence-electron chi connectivity index (χ1n) is 6.57. The van der Waals surface area contributed by atoms with Gasteiger partial charge in [-0.3, -0.25) is 4.18 Å². The van der Waals surface area contributed by atoms with Crippen molar-refractivity contribution < 1.29 is 17.5 Å². The third-order valence-corrected chi connectivity index (χ3v) is 5.98. The average molecular weight is 347 g/mol. The second-order valence-electron chi connectivity index (χ2n) is 5.33. The van der Waals surface area contributed by atoms with E-state index in [1.807, 2.05) is 0 Å². The van der Waals surface area contributed by atoms with Crippen molar-refractivity contribution >= 4 is 26.0 Å². The van der Waals surface area contributed by atoms with Crippen molar-refractivity contribution in [2.75, 3.05) is 19.6 Å². The van der Waals surface area contributed by atoms with Crippen molar-refractivity contribution in [2.45, 2.75) is 23.8 Å². The number of hydrogen-bond donors (Lipinski definition) is 1. The van der Waals surface area contributed by atoms with Crippen molar-refractivity contribution in [3.05, 3.63) is 28.7 Å². The Labute approximate surface area is 122 Å². The molecule has 1 N–H and O–H groups in total. The van der Waals surface area contributed by atoms with E-state index >= 15 is 0 Å². The van der Waals surface area contributed by atoms with Crippen LogP contribution in [0.25, 0.3) is 0 Å². The van der Waals surface area contributed by atoms with Gasteiger partial charge in [0.2, 0.25) is 0 Å². The lowest BCUT2D eigenvalue weighted by molar-refractivity contribution is -0.920. The standard InChI is InChI=1S/C13H16BrNO3S/c14-11-1-3-12(4-2-11)19(16,17)18-13-9-15-7-5-10(13)6-8-15/h1-4,10,13H,5-9H2/p+1/t13-/m1/s1. The Kier molecular flexibility index (Phi) is 3.68. The number of nitrogens with one attached hydrogen (secondary N) is 1. The van der Waals surface area contributed by atoms with Gasteiger partial charge >= 0.3 is 0 Å². The monoisotopic (exact) mass is 346 g/mol. The van der Waals surface area contributed by atoms with E-state index in [0.717, 1.165) is 36.9 Å². The highest BCUT2D eigenvalue weighted by Crippen LogP contribution is 2.25. The molecule has 104 valence electrons. The first-order chi connectivity index (χ1) is 9.04. The largest absolute Gasteiger partial charge is 0.333 e. The van der Waals surface area contributed by atoms with Crippen LogP contribution in [0.2, 0.25) is 0 Å². The summed E-state index contributed by atoms with van der Waals surface area (Å²) in [5.41, 5.74) is 0. The minimum absolute atomic E-state index is 0.147. The molecule has 3 aliphatic rings. The van der Waals surface area contributed by atoms with Crippen LogP contribution in [-0.2, 0) is 14.3 Å². The van der Waals surface area contributed by atoms with Crippen LogP contribution >= 0.6 is 15.9 Å². The highest BCUT2D eigenvalue weighted by atomic mass is 79.9.